The number of likely N-dealkylation sites (tertiary alicyclic amines) is 1. The van der Waals surface area contributed by atoms with Crippen LogP contribution in [0.15, 0.2) is 24.3 Å². The van der Waals surface area contributed by atoms with Gasteiger partial charge in [-0.25, -0.2) is 4.79 Å². The number of rotatable bonds is 6. The Balaban J connectivity index is 1.38. The largest absolute Gasteiger partial charge is 0.388 e. The second-order valence-electron chi connectivity index (χ2n) is 7.62. The Morgan fingerprint density at radius 3 is 2.28 bits per heavy atom. The van der Waals surface area contributed by atoms with Crippen molar-refractivity contribution in [2.75, 3.05) is 19.6 Å². The van der Waals surface area contributed by atoms with E-state index in [9.17, 15) is 9.90 Å². The highest BCUT2D eigenvalue weighted by Crippen LogP contribution is 2.28. The normalized spacial score (nSPS) is 20.4. The average Bonchev–Trinajstić information content (AvgIpc) is 3.07. The van der Waals surface area contributed by atoms with Crippen LogP contribution in [0.3, 0.4) is 0 Å². The Morgan fingerprint density at radius 2 is 1.60 bits per heavy atom. The van der Waals surface area contributed by atoms with Gasteiger partial charge < -0.3 is 15.7 Å². The van der Waals surface area contributed by atoms with Crippen LogP contribution in [0.25, 0.3) is 0 Å². The van der Waals surface area contributed by atoms with Crippen LogP contribution in [-0.2, 0) is 13.1 Å². The smallest absolute Gasteiger partial charge is 0.315 e. The minimum Gasteiger partial charge on any atom is -0.388 e. The highest BCUT2D eigenvalue weighted by atomic mass is 16.3. The number of hydrogen-bond acceptors (Lipinski definition) is 3. The Hall–Kier alpha value is -1.59. The molecule has 3 rings (SSSR count). The van der Waals surface area contributed by atoms with Crippen molar-refractivity contribution in [1.29, 1.82) is 0 Å². The van der Waals surface area contributed by atoms with Crippen molar-refractivity contribution in [3.05, 3.63) is 35.4 Å². The maximum absolute atomic E-state index is 11.9. The van der Waals surface area contributed by atoms with E-state index < -0.39 is 5.60 Å². The first-order valence-electron chi connectivity index (χ1n) is 9.67. The molecule has 25 heavy (non-hydrogen) atoms. The number of hydrogen-bond donors (Lipinski definition) is 3. The topological polar surface area (TPSA) is 64.6 Å². The van der Waals surface area contributed by atoms with Crippen LogP contribution in [0.1, 0.15) is 56.1 Å². The van der Waals surface area contributed by atoms with E-state index >= 15 is 0 Å². The Bertz CT molecular complexity index is 547. The molecule has 0 radical (unpaired) electrons. The first-order chi connectivity index (χ1) is 12.1. The van der Waals surface area contributed by atoms with Gasteiger partial charge in [-0.3, -0.25) is 4.90 Å². The third-order valence-corrected chi connectivity index (χ3v) is 5.44. The van der Waals surface area contributed by atoms with E-state index in [1.165, 1.54) is 37.9 Å². The molecule has 138 valence electrons. The molecule has 0 aromatic heterocycles. The predicted molar refractivity (Wildman–Crippen MR) is 99.2 cm³/mol. The summed E-state index contributed by atoms with van der Waals surface area (Å²) in [5.74, 6) is 0. The Morgan fingerprint density at radius 1 is 0.960 bits per heavy atom. The second kappa shape index (κ2) is 8.68. The molecule has 0 bridgehead atoms. The molecule has 0 spiro atoms. The summed E-state index contributed by atoms with van der Waals surface area (Å²) in [6.07, 6.45) is 7.64. The molecule has 1 saturated heterocycles. The molecule has 0 atom stereocenters. The van der Waals surface area contributed by atoms with Gasteiger partial charge in [0.2, 0.25) is 0 Å². The number of nitrogens with one attached hydrogen (secondary N) is 2. The van der Waals surface area contributed by atoms with Gasteiger partial charge in [0, 0.05) is 19.6 Å². The number of benzene rings is 1. The highest BCUT2D eigenvalue weighted by Gasteiger charge is 2.31. The van der Waals surface area contributed by atoms with Crippen LogP contribution in [0.2, 0.25) is 0 Å². The van der Waals surface area contributed by atoms with Gasteiger partial charge in [-0.05, 0) is 49.9 Å². The lowest BCUT2D eigenvalue weighted by Gasteiger charge is -2.26. The quantitative estimate of drug-likeness (QED) is 0.743. The monoisotopic (exact) mass is 345 g/mol. The summed E-state index contributed by atoms with van der Waals surface area (Å²) in [5.41, 5.74) is 1.73. The Kier molecular flexibility index (Phi) is 6.32. The molecule has 1 aromatic carbocycles. The number of urea groups is 1. The fourth-order valence-electron chi connectivity index (χ4n) is 3.84. The van der Waals surface area contributed by atoms with Crippen LogP contribution in [-0.4, -0.2) is 41.3 Å². The van der Waals surface area contributed by atoms with Crippen molar-refractivity contribution in [2.45, 2.75) is 63.6 Å². The van der Waals surface area contributed by atoms with Gasteiger partial charge in [-0.1, -0.05) is 43.5 Å². The fraction of sp³-hybridized carbons (Fsp3) is 0.650. The Labute approximate surface area is 150 Å². The second-order valence-corrected chi connectivity index (χ2v) is 7.62. The summed E-state index contributed by atoms with van der Waals surface area (Å²) in [7, 11) is 0. The van der Waals surface area contributed by atoms with Crippen molar-refractivity contribution >= 4 is 6.03 Å². The van der Waals surface area contributed by atoms with Gasteiger partial charge >= 0.3 is 6.03 Å². The van der Waals surface area contributed by atoms with E-state index in [0.29, 0.717) is 13.1 Å². The van der Waals surface area contributed by atoms with Crippen molar-refractivity contribution in [3.63, 3.8) is 0 Å². The molecule has 1 aliphatic heterocycles. The SMILES string of the molecule is O=C(NCc1ccc(CN2CCCCC2)cc1)NCC1(O)CCCC1. The van der Waals surface area contributed by atoms with Gasteiger partial charge in [0.15, 0.2) is 0 Å². The van der Waals surface area contributed by atoms with Crippen LogP contribution in [0.4, 0.5) is 4.79 Å². The van der Waals surface area contributed by atoms with E-state index in [0.717, 1.165) is 37.8 Å². The maximum Gasteiger partial charge on any atom is 0.315 e. The van der Waals surface area contributed by atoms with E-state index in [1.54, 1.807) is 0 Å². The number of nitrogens with zero attached hydrogens (tertiary/aromatic N) is 1. The van der Waals surface area contributed by atoms with E-state index in [1.807, 2.05) is 0 Å². The zero-order valence-electron chi connectivity index (χ0n) is 15.1. The lowest BCUT2D eigenvalue weighted by Crippen LogP contribution is -2.44. The predicted octanol–water partition coefficient (Wildman–Crippen LogP) is 2.78. The molecule has 2 aliphatic rings. The molecule has 2 amide bonds. The number of piperidine rings is 1. The minimum absolute atomic E-state index is 0.210. The van der Waals surface area contributed by atoms with Gasteiger partial charge in [0.05, 0.1) is 5.60 Å². The lowest BCUT2D eigenvalue weighted by molar-refractivity contribution is 0.0501. The first kappa shape index (κ1) is 18.2. The van der Waals surface area contributed by atoms with Crippen LogP contribution >= 0.6 is 0 Å². The third-order valence-electron chi connectivity index (χ3n) is 5.44. The van der Waals surface area contributed by atoms with Crippen LogP contribution < -0.4 is 10.6 Å². The molecule has 1 saturated carbocycles. The summed E-state index contributed by atoms with van der Waals surface area (Å²) in [4.78, 5) is 14.4. The molecule has 2 fully saturated rings. The number of carbonyl (C=O) groups excluding carboxylic acids is 1. The summed E-state index contributed by atoms with van der Waals surface area (Å²) in [5, 5.41) is 15.9. The maximum atomic E-state index is 11.9. The van der Waals surface area contributed by atoms with Gasteiger partial charge in [-0.15, -0.1) is 0 Å². The fourth-order valence-corrected chi connectivity index (χ4v) is 3.84. The molecule has 3 N–H and O–H groups in total. The van der Waals surface area contributed by atoms with E-state index in [-0.39, 0.29) is 6.03 Å². The van der Waals surface area contributed by atoms with Crippen LogP contribution in [0, 0.1) is 0 Å². The molecule has 1 aliphatic carbocycles. The van der Waals surface area contributed by atoms with Crippen molar-refractivity contribution in [2.24, 2.45) is 0 Å². The number of amides is 2. The molecule has 0 unspecified atom stereocenters. The minimum atomic E-state index is -0.701. The molecule has 1 heterocycles. The summed E-state index contributed by atoms with van der Waals surface area (Å²) < 4.78 is 0. The lowest BCUT2D eigenvalue weighted by atomic mass is 10.0. The van der Waals surface area contributed by atoms with Crippen LogP contribution in [0.5, 0.6) is 0 Å². The van der Waals surface area contributed by atoms with Crippen molar-refractivity contribution in [1.82, 2.24) is 15.5 Å². The van der Waals surface area contributed by atoms with Gasteiger partial charge in [0.25, 0.3) is 0 Å². The zero-order chi connectivity index (χ0) is 17.5. The molecular formula is C20H31N3O2. The summed E-state index contributed by atoms with van der Waals surface area (Å²) in [6.45, 7) is 4.28. The first-order valence-corrected chi connectivity index (χ1v) is 9.67. The summed E-state index contributed by atoms with van der Waals surface area (Å²) in [6, 6.07) is 8.28. The molecule has 5 heteroatoms. The molecule has 5 nitrogen and oxygen atoms in total. The van der Waals surface area contributed by atoms with E-state index in [4.69, 9.17) is 0 Å². The van der Waals surface area contributed by atoms with Crippen molar-refractivity contribution < 1.29 is 9.90 Å². The zero-order valence-corrected chi connectivity index (χ0v) is 15.1. The standard InChI is InChI=1S/C20H31N3O2/c24-19(22-16-20(25)10-2-3-11-20)21-14-17-6-8-18(9-7-17)15-23-12-4-1-5-13-23/h6-9,25H,1-5,10-16H2,(H2,21,22,24). The van der Waals surface area contributed by atoms with Gasteiger partial charge in [-0.2, -0.15) is 0 Å². The molecular weight excluding hydrogens is 314 g/mol. The van der Waals surface area contributed by atoms with Crippen molar-refractivity contribution in [3.8, 4) is 0 Å². The molecule has 1 aromatic rings. The average molecular weight is 345 g/mol. The van der Waals surface area contributed by atoms with E-state index in [2.05, 4.69) is 39.8 Å². The summed E-state index contributed by atoms with van der Waals surface area (Å²) >= 11 is 0. The highest BCUT2D eigenvalue weighted by molar-refractivity contribution is 5.73. The number of carbonyl (C=O) groups is 1. The van der Waals surface area contributed by atoms with Gasteiger partial charge in [0.1, 0.15) is 0 Å². The third kappa shape index (κ3) is 5.72. The number of aliphatic hydroxyl groups is 1.